The van der Waals surface area contributed by atoms with Gasteiger partial charge in [0.1, 0.15) is 6.04 Å². The van der Waals surface area contributed by atoms with Crippen LogP contribution in [0.25, 0.3) is 0 Å². The average Bonchev–Trinajstić information content (AvgIpc) is 3.83. The number of carbonyl (C=O) groups excluding carboxylic acids is 2. The Morgan fingerprint density at radius 2 is 1.50 bits per heavy atom. The summed E-state index contributed by atoms with van der Waals surface area (Å²) in [5, 5.41) is 19.7. The van der Waals surface area contributed by atoms with E-state index in [0.29, 0.717) is 65.2 Å². The number of nitrogens with one attached hydrogen (secondary N) is 2. The van der Waals surface area contributed by atoms with Crippen LogP contribution in [0.15, 0.2) is 89.6 Å². The van der Waals surface area contributed by atoms with Crippen molar-refractivity contribution < 1.29 is 24.2 Å². The third-order valence-corrected chi connectivity index (χ3v) is 9.89. The van der Waals surface area contributed by atoms with Crippen molar-refractivity contribution in [3.05, 3.63) is 111 Å². The lowest BCUT2D eigenvalue weighted by Crippen LogP contribution is -2.50. The second-order valence-electron chi connectivity index (χ2n) is 11.7. The second-order valence-corrected chi connectivity index (χ2v) is 13.8. The quantitative estimate of drug-likeness (QED) is 0.118. The lowest BCUT2D eigenvalue weighted by molar-refractivity contribution is -0.134. The third-order valence-electron chi connectivity index (χ3n) is 8.17. The SMILES string of the molecule is O=C(NCc1cccc(N2CCOCC2)c1)N[C@@H](CCCCN(Cc1ccccc1)C(=O)O)C(=O)N(Cc1cccs1)Cc1cccs1. The Morgan fingerprint density at radius 3 is 2.15 bits per heavy atom. The molecular weight excluding hydrogens is 647 g/mol. The number of thiophene rings is 2. The number of hydrogen-bond donors (Lipinski definition) is 3. The van der Waals surface area contributed by atoms with Crippen molar-refractivity contribution in [2.75, 3.05) is 37.7 Å². The first-order chi connectivity index (χ1) is 23.4. The highest BCUT2D eigenvalue weighted by atomic mass is 32.1. The van der Waals surface area contributed by atoms with Crippen molar-refractivity contribution in [1.82, 2.24) is 20.4 Å². The van der Waals surface area contributed by atoms with Gasteiger partial charge in [-0.05, 0) is 65.4 Å². The Hall–Kier alpha value is -4.39. The summed E-state index contributed by atoms with van der Waals surface area (Å²) in [4.78, 5) is 47.0. The summed E-state index contributed by atoms with van der Waals surface area (Å²) < 4.78 is 5.48. The van der Waals surface area contributed by atoms with Crippen molar-refractivity contribution in [1.29, 1.82) is 0 Å². The van der Waals surface area contributed by atoms with E-state index in [-0.39, 0.29) is 5.91 Å². The zero-order chi connectivity index (χ0) is 33.6. The molecule has 5 rings (SSSR count). The Balaban J connectivity index is 1.24. The molecule has 1 fully saturated rings. The fourth-order valence-electron chi connectivity index (χ4n) is 5.64. The van der Waals surface area contributed by atoms with E-state index in [0.717, 1.165) is 39.7 Å². The van der Waals surface area contributed by atoms with Crippen molar-refractivity contribution >= 4 is 46.4 Å². The summed E-state index contributed by atoms with van der Waals surface area (Å²) in [6.07, 6.45) is 0.502. The molecule has 4 aromatic rings. The van der Waals surface area contributed by atoms with Crippen molar-refractivity contribution in [3.8, 4) is 0 Å². The predicted molar refractivity (Wildman–Crippen MR) is 190 cm³/mol. The fraction of sp³-hybridized carbons (Fsp3) is 0.361. The molecule has 4 amide bonds. The van der Waals surface area contributed by atoms with Gasteiger partial charge in [-0.25, -0.2) is 9.59 Å². The molecule has 12 heteroatoms. The number of rotatable bonds is 16. The molecule has 0 aliphatic carbocycles. The lowest BCUT2D eigenvalue weighted by Gasteiger charge is -2.29. The molecule has 0 saturated carbocycles. The van der Waals surface area contributed by atoms with Crippen LogP contribution in [0.3, 0.4) is 0 Å². The number of carbonyl (C=O) groups is 3. The van der Waals surface area contributed by atoms with E-state index in [9.17, 15) is 19.5 Å². The van der Waals surface area contributed by atoms with E-state index in [1.807, 2.05) is 77.5 Å². The van der Waals surface area contributed by atoms with Crippen LogP contribution in [-0.4, -0.2) is 71.8 Å². The van der Waals surface area contributed by atoms with Gasteiger partial charge in [-0.2, -0.15) is 0 Å². The number of morpholine rings is 1. The summed E-state index contributed by atoms with van der Waals surface area (Å²) >= 11 is 3.18. The maximum Gasteiger partial charge on any atom is 0.407 e. The van der Waals surface area contributed by atoms with Gasteiger partial charge in [0.2, 0.25) is 5.91 Å². The monoisotopic (exact) mass is 689 g/mol. The van der Waals surface area contributed by atoms with Gasteiger partial charge in [0.25, 0.3) is 0 Å². The smallest absolute Gasteiger partial charge is 0.407 e. The van der Waals surface area contributed by atoms with Crippen LogP contribution < -0.4 is 15.5 Å². The number of anilines is 1. The van der Waals surface area contributed by atoms with Crippen molar-refractivity contribution in [3.63, 3.8) is 0 Å². The first-order valence-corrected chi connectivity index (χ1v) is 18.0. The number of nitrogens with zero attached hydrogens (tertiary/aromatic N) is 3. The molecule has 48 heavy (non-hydrogen) atoms. The highest BCUT2D eigenvalue weighted by Gasteiger charge is 2.27. The number of benzene rings is 2. The van der Waals surface area contributed by atoms with Crippen LogP contribution in [0.4, 0.5) is 15.3 Å². The Kier molecular flexibility index (Phi) is 13.3. The number of urea groups is 1. The van der Waals surface area contributed by atoms with Crippen LogP contribution in [0.2, 0.25) is 0 Å². The first kappa shape index (κ1) is 34.9. The molecule has 0 unspecified atom stereocenters. The summed E-state index contributed by atoms with van der Waals surface area (Å²) in [6.45, 7) is 4.84. The van der Waals surface area contributed by atoms with Gasteiger partial charge in [-0.3, -0.25) is 4.79 Å². The zero-order valence-electron chi connectivity index (χ0n) is 27.0. The minimum absolute atomic E-state index is 0.166. The molecule has 10 nitrogen and oxygen atoms in total. The normalized spacial score (nSPS) is 13.5. The van der Waals surface area contributed by atoms with E-state index < -0.39 is 18.2 Å². The number of hydrogen-bond acceptors (Lipinski definition) is 7. The van der Waals surface area contributed by atoms with Gasteiger partial charge in [0.15, 0.2) is 0 Å². The standard InChI is InChI=1S/C36H43N5O5S2/c42-34(41(26-31-13-7-21-47-31)27-32-14-8-22-48-32)33(15-4-5-16-40(36(44)45)25-28-9-2-1-3-10-28)38-35(43)37-24-29-11-6-12-30(23-29)39-17-19-46-20-18-39/h1-3,6-14,21-23,33H,4-5,15-20,24-27H2,(H,44,45)(H2,37,38,43)/t33-/m0/s1. The maximum absolute atomic E-state index is 14.2. The molecule has 1 aliphatic heterocycles. The maximum atomic E-state index is 14.2. The van der Waals surface area contributed by atoms with Crippen molar-refractivity contribution in [2.45, 2.75) is 51.5 Å². The largest absolute Gasteiger partial charge is 0.465 e. The van der Waals surface area contributed by atoms with Gasteiger partial charge in [0, 0.05) is 48.2 Å². The molecule has 1 aliphatic rings. The first-order valence-electron chi connectivity index (χ1n) is 16.3. The summed E-state index contributed by atoms with van der Waals surface area (Å²) in [5.41, 5.74) is 2.97. The molecule has 1 saturated heterocycles. The summed E-state index contributed by atoms with van der Waals surface area (Å²) in [5.74, 6) is -0.166. The highest BCUT2D eigenvalue weighted by molar-refractivity contribution is 7.10. The number of carboxylic acid groups (broad SMARTS) is 1. The average molecular weight is 690 g/mol. The molecule has 3 N–H and O–H groups in total. The van der Waals surface area contributed by atoms with Crippen LogP contribution in [0.5, 0.6) is 0 Å². The summed E-state index contributed by atoms with van der Waals surface area (Å²) in [6, 6.07) is 24.3. The molecule has 0 radical (unpaired) electrons. The van der Waals surface area contributed by atoms with Crippen LogP contribution in [0.1, 0.15) is 40.1 Å². The topological polar surface area (TPSA) is 114 Å². The molecule has 2 aromatic heterocycles. The van der Waals surface area contributed by atoms with E-state index >= 15 is 0 Å². The van der Waals surface area contributed by atoms with Gasteiger partial charge in [0.05, 0.1) is 26.3 Å². The number of unbranched alkanes of at least 4 members (excludes halogenated alkanes) is 1. The molecule has 254 valence electrons. The Bertz CT molecular complexity index is 1530. The minimum Gasteiger partial charge on any atom is -0.465 e. The molecular formula is C36H43N5O5S2. The van der Waals surface area contributed by atoms with Gasteiger partial charge in [-0.15, -0.1) is 22.7 Å². The number of ether oxygens (including phenoxy) is 1. The molecule has 0 spiro atoms. The highest BCUT2D eigenvalue weighted by Crippen LogP contribution is 2.20. The van der Waals surface area contributed by atoms with Gasteiger partial charge in [-0.1, -0.05) is 54.6 Å². The van der Waals surface area contributed by atoms with Gasteiger partial charge < -0.3 is 35.2 Å². The Labute approximate surface area is 289 Å². The third kappa shape index (κ3) is 10.8. The molecule has 2 aromatic carbocycles. The fourth-order valence-corrected chi connectivity index (χ4v) is 7.08. The van der Waals surface area contributed by atoms with Crippen molar-refractivity contribution in [2.24, 2.45) is 0 Å². The van der Waals surface area contributed by atoms with E-state index in [1.165, 1.54) is 4.90 Å². The molecule has 1 atom stereocenters. The van der Waals surface area contributed by atoms with E-state index in [2.05, 4.69) is 27.7 Å². The number of amides is 4. The molecule has 3 heterocycles. The Morgan fingerprint density at radius 1 is 0.812 bits per heavy atom. The second kappa shape index (κ2) is 18.2. The molecule has 0 bridgehead atoms. The minimum atomic E-state index is -0.986. The zero-order valence-corrected chi connectivity index (χ0v) is 28.6. The van der Waals surface area contributed by atoms with Crippen LogP contribution in [-0.2, 0) is 35.7 Å². The predicted octanol–water partition coefficient (Wildman–Crippen LogP) is 6.39. The lowest BCUT2D eigenvalue weighted by atomic mass is 10.1. The van der Waals surface area contributed by atoms with Crippen LogP contribution >= 0.6 is 22.7 Å². The summed E-state index contributed by atoms with van der Waals surface area (Å²) in [7, 11) is 0. The van der Waals surface area contributed by atoms with E-state index in [4.69, 9.17) is 4.74 Å². The van der Waals surface area contributed by atoms with E-state index in [1.54, 1.807) is 27.6 Å². The van der Waals surface area contributed by atoms with Crippen LogP contribution in [0, 0.1) is 0 Å². The van der Waals surface area contributed by atoms with Gasteiger partial charge >= 0.3 is 12.1 Å².